The molecule has 10 heteroatoms. The molecule has 0 aromatic carbocycles. The molecule has 1 atom stereocenters. The molecule has 0 radical (unpaired) electrons. The number of piperidine rings is 1. The van der Waals surface area contributed by atoms with Gasteiger partial charge in [-0.2, -0.15) is 0 Å². The largest absolute Gasteiger partial charge is 0.381 e. The first kappa shape index (κ1) is 24.9. The topological polar surface area (TPSA) is 95.1 Å². The van der Waals surface area contributed by atoms with Gasteiger partial charge < -0.3 is 20.3 Å². The average molecular weight is 517 g/mol. The third-order valence-corrected chi connectivity index (χ3v) is 5.78. The second-order valence-electron chi connectivity index (χ2n) is 8.13. The van der Waals surface area contributed by atoms with Crippen molar-refractivity contribution in [2.45, 2.75) is 44.7 Å². The van der Waals surface area contributed by atoms with Crippen LogP contribution >= 0.6 is 24.0 Å². The van der Waals surface area contributed by atoms with Crippen molar-refractivity contribution in [3.63, 3.8) is 0 Å². The van der Waals surface area contributed by atoms with Gasteiger partial charge >= 0.3 is 0 Å². The Morgan fingerprint density at radius 3 is 2.44 bits per heavy atom. The van der Waals surface area contributed by atoms with Crippen molar-refractivity contribution in [3.05, 3.63) is 0 Å². The highest BCUT2D eigenvalue weighted by Crippen LogP contribution is 2.17. The van der Waals surface area contributed by atoms with Crippen molar-refractivity contribution >= 4 is 40.0 Å². The number of sulfonamides is 1. The fourth-order valence-corrected chi connectivity index (χ4v) is 4.66. The van der Waals surface area contributed by atoms with E-state index in [4.69, 9.17) is 4.74 Å². The van der Waals surface area contributed by atoms with Crippen molar-refractivity contribution in [1.29, 1.82) is 0 Å². The van der Waals surface area contributed by atoms with Crippen LogP contribution in [0.25, 0.3) is 0 Å². The molecule has 0 aliphatic carbocycles. The minimum absolute atomic E-state index is 0. The molecule has 0 spiro atoms. The number of hydrogen-bond donors (Lipinski definition) is 3. The highest BCUT2D eigenvalue weighted by atomic mass is 127. The van der Waals surface area contributed by atoms with Crippen molar-refractivity contribution < 1.29 is 13.2 Å². The van der Waals surface area contributed by atoms with Gasteiger partial charge in [-0.1, -0.05) is 0 Å². The minimum atomic E-state index is -3.24. The number of nitrogens with zero attached hydrogens (tertiary/aromatic N) is 2. The maximum Gasteiger partial charge on any atom is 0.209 e. The maximum atomic E-state index is 11.4. The quantitative estimate of drug-likeness (QED) is 0.260. The molecule has 3 N–H and O–H groups in total. The van der Waals surface area contributed by atoms with Gasteiger partial charge in [0.15, 0.2) is 5.96 Å². The summed E-state index contributed by atoms with van der Waals surface area (Å²) in [6, 6.07) is 0.392. The minimum Gasteiger partial charge on any atom is -0.381 e. The van der Waals surface area contributed by atoms with Gasteiger partial charge in [0.2, 0.25) is 10.0 Å². The second-order valence-corrected chi connectivity index (χ2v) is 9.88. The molecule has 2 aliphatic heterocycles. The predicted octanol–water partition coefficient (Wildman–Crippen LogP) is 0.598. The summed E-state index contributed by atoms with van der Waals surface area (Å²) in [6.07, 6.45) is 4.53. The SMILES string of the molecule is CN=C(NCC(C)(C)NS(C)(=O)=O)NC1CCN(CC2CCOC2)CC1.I. The number of hydrogen-bond acceptors (Lipinski definition) is 5. The van der Waals surface area contributed by atoms with E-state index in [1.807, 2.05) is 13.8 Å². The molecule has 0 amide bonds. The summed E-state index contributed by atoms with van der Waals surface area (Å²) >= 11 is 0. The Bertz CT molecular complexity index is 571. The van der Waals surface area contributed by atoms with Gasteiger partial charge in [-0.05, 0) is 39.0 Å². The van der Waals surface area contributed by atoms with E-state index in [0.717, 1.165) is 51.6 Å². The highest BCUT2D eigenvalue weighted by molar-refractivity contribution is 14.0. The molecule has 0 aromatic heterocycles. The lowest BCUT2D eigenvalue weighted by Crippen LogP contribution is -2.55. The van der Waals surface area contributed by atoms with Crippen LogP contribution in [0.1, 0.15) is 33.1 Å². The fourth-order valence-electron chi connectivity index (χ4n) is 3.58. The third kappa shape index (κ3) is 9.73. The van der Waals surface area contributed by atoms with Crippen LogP contribution < -0.4 is 15.4 Å². The Labute approximate surface area is 181 Å². The van der Waals surface area contributed by atoms with E-state index in [2.05, 4.69) is 25.2 Å². The monoisotopic (exact) mass is 517 g/mol. The Morgan fingerprint density at radius 1 is 1.26 bits per heavy atom. The number of aliphatic imine (C=N–C) groups is 1. The molecule has 0 saturated carbocycles. The average Bonchev–Trinajstić information content (AvgIpc) is 3.04. The molecule has 160 valence electrons. The molecule has 8 nitrogen and oxygen atoms in total. The molecule has 0 aromatic rings. The van der Waals surface area contributed by atoms with E-state index < -0.39 is 15.6 Å². The van der Waals surface area contributed by atoms with E-state index in [1.54, 1.807) is 7.05 Å². The van der Waals surface area contributed by atoms with Gasteiger partial charge in [0.25, 0.3) is 0 Å². The van der Waals surface area contributed by atoms with Crippen LogP contribution in [-0.2, 0) is 14.8 Å². The van der Waals surface area contributed by atoms with Crippen LogP contribution in [0.4, 0.5) is 0 Å². The highest BCUT2D eigenvalue weighted by Gasteiger charge is 2.25. The second kappa shape index (κ2) is 11.1. The summed E-state index contributed by atoms with van der Waals surface area (Å²) in [4.78, 5) is 6.81. The van der Waals surface area contributed by atoms with Crippen molar-refractivity contribution in [1.82, 2.24) is 20.3 Å². The van der Waals surface area contributed by atoms with E-state index >= 15 is 0 Å². The zero-order valence-electron chi connectivity index (χ0n) is 17.0. The van der Waals surface area contributed by atoms with Gasteiger partial charge in [-0.15, -0.1) is 24.0 Å². The number of rotatable bonds is 7. The van der Waals surface area contributed by atoms with Crippen LogP contribution in [-0.4, -0.2) is 83.6 Å². The first-order valence-corrected chi connectivity index (χ1v) is 11.3. The van der Waals surface area contributed by atoms with Crippen LogP contribution in [0.3, 0.4) is 0 Å². The van der Waals surface area contributed by atoms with E-state index in [-0.39, 0.29) is 24.0 Å². The molecule has 2 saturated heterocycles. The first-order valence-electron chi connectivity index (χ1n) is 9.43. The summed E-state index contributed by atoms with van der Waals surface area (Å²) in [5.41, 5.74) is -0.585. The summed E-state index contributed by atoms with van der Waals surface area (Å²) < 4.78 is 31.0. The molecule has 2 aliphatic rings. The lowest BCUT2D eigenvalue weighted by atomic mass is 10.0. The smallest absolute Gasteiger partial charge is 0.209 e. The van der Waals surface area contributed by atoms with E-state index in [0.29, 0.717) is 18.5 Å². The molecule has 1 unspecified atom stereocenters. The van der Waals surface area contributed by atoms with Crippen LogP contribution in [0.2, 0.25) is 0 Å². The van der Waals surface area contributed by atoms with E-state index in [1.165, 1.54) is 12.7 Å². The van der Waals surface area contributed by atoms with Gasteiger partial charge in [0, 0.05) is 51.4 Å². The Kier molecular flexibility index (Phi) is 10.2. The summed E-state index contributed by atoms with van der Waals surface area (Å²) in [5, 5.41) is 6.70. The van der Waals surface area contributed by atoms with Gasteiger partial charge in [-0.25, -0.2) is 13.1 Å². The van der Waals surface area contributed by atoms with Crippen molar-refractivity contribution in [2.75, 3.05) is 52.7 Å². The standard InChI is InChI=1S/C17H35N5O3S.HI/c1-17(2,21-26(4,23)24)13-19-16(18-3)20-15-5-8-22(9-6-15)11-14-7-10-25-12-14;/h14-15,21H,5-13H2,1-4H3,(H2,18,19,20);1H. The lowest BCUT2D eigenvalue weighted by Gasteiger charge is -2.34. The predicted molar refractivity (Wildman–Crippen MR) is 120 cm³/mol. The fraction of sp³-hybridized carbons (Fsp3) is 0.941. The lowest BCUT2D eigenvalue weighted by molar-refractivity contribution is 0.150. The first-order chi connectivity index (χ1) is 12.2. The molecule has 27 heavy (non-hydrogen) atoms. The number of halogens is 1. The van der Waals surface area contributed by atoms with Gasteiger partial charge in [0.05, 0.1) is 12.9 Å². The number of ether oxygens (including phenoxy) is 1. The molecule has 2 rings (SSSR count). The molecule has 2 heterocycles. The third-order valence-electron chi connectivity index (χ3n) is 4.85. The van der Waals surface area contributed by atoms with Crippen molar-refractivity contribution in [3.8, 4) is 0 Å². The number of guanidine groups is 1. The summed E-state index contributed by atoms with van der Waals surface area (Å²) in [6.45, 7) is 9.30. The summed E-state index contributed by atoms with van der Waals surface area (Å²) in [7, 11) is -1.51. The van der Waals surface area contributed by atoms with Gasteiger partial charge in [-0.3, -0.25) is 4.99 Å². The Hall–Kier alpha value is -0.170. The zero-order chi connectivity index (χ0) is 19.2. The van der Waals surface area contributed by atoms with Crippen molar-refractivity contribution in [2.24, 2.45) is 10.9 Å². The van der Waals surface area contributed by atoms with Crippen LogP contribution in [0.15, 0.2) is 4.99 Å². The molecular formula is C17H36IN5O3S. The maximum absolute atomic E-state index is 11.4. The molecular weight excluding hydrogens is 481 g/mol. The molecule has 0 bridgehead atoms. The zero-order valence-corrected chi connectivity index (χ0v) is 20.1. The molecule has 2 fully saturated rings. The number of likely N-dealkylation sites (tertiary alicyclic amines) is 1. The Morgan fingerprint density at radius 2 is 1.93 bits per heavy atom. The Balaban J connectivity index is 0.00000364. The summed E-state index contributed by atoms with van der Waals surface area (Å²) in [5.74, 6) is 1.41. The van der Waals surface area contributed by atoms with E-state index in [9.17, 15) is 8.42 Å². The number of nitrogens with one attached hydrogen (secondary N) is 3. The van der Waals surface area contributed by atoms with Crippen LogP contribution in [0, 0.1) is 5.92 Å². The van der Waals surface area contributed by atoms with Crippen LogP contribution in [0.5, 0.6) is 0 Å². The van der Waals surface area contributed by atoms with Gasteiger partial charge in [0.1, 0.15) is 0 Å². The normalized spacial score (nSPS) is 23.1.